The van der Waals surface area contributed by atoms with Gasteiger partial charge in [-0.3, -0.25) is 9.36 Å². The Labute approximate surface area is 163 Å². The molecule has 0 radical (unpaired) electrons. The van der Waals surface area contributed by atoms with E-state index in [1.54, 1.807) is 28.8 Å². The van der Waals surface area contributed by atoms with Crippen LogP contribution in [0.15, 0.2) is 53.3 Å². The molecule has 0 amide bonds. The Hall–Kier alpha value is -2.95. The highest BCUT2D eigenvalue weighted by atomic mass is 19.1. The molecule has 0 fully saturated rings. The molecule has 0 bridgehead atoms. The van der Waals surface area contributed by atoms with Gasteiger partial charge in [-0.05, 0) is 61.4 Å². The van der Waals surface area contributed by atoms with Crippen LogP contribution < -0.4 is 5.56 Å². The SMILES string of the molecule is CC1CCCc2nc(-c3ccccc3O)n(CCc3cccc(F)c3)c(=O)c21. The maximum atomic E-state index is 13.5. The van der Waals surface area contributed by atoms with E-state index in [2.05, 4.69) is 6.92 Å². The number of para-hydroxylation sites is 1. The summed E-state index contributed by atoms with van der Waals surface area (Å²) in [4.78, 5) is 18.2. The van der Waals surface area contributed by atoms with Gasteiger partial charge in [-0.25, -0.2) is 9.37 Å². The maximum Gasteiger partial charge on any atom is 0.257 e. The molecule has 1 heterocycles. The lowest BCUT2D eigenvalue weighted by atomic mass is 9.87. The van der Waals surface area contributed by atoms with Gasteiger partial charge in [-0.15, -0.1) is 0 Å². The molecular weight excluding hydrogens is 355 g/mol. The second kappa shape index (κ2) is 7.58. The minimum absolute atomic E-state index is 0.0492. The second-order valence-corrected chi connectivity index (χ2v) is 7.44. The van der Waals surface area contributed by atoms with Gasteiger partial charge >= 0.3 is 0 Å². The summed E-state index contributed by atoms with van der Waals surface area (Å²) in [5.74, 6) is 0.454. The number of hydrogen-bond donors (Lipinski definition) is 1. The van der Waals surface area contributed by atoms with Gasteiger partial charge in [-0.1, -0.05) is 31.2 Å². The van der Waals surface area contributed by atoms with Gasteiger partial charge in [0.2, 0.25) is 0 Å². The van der Waals surface area contributed by atoms with E-state index < -0.39 is 0 Å². The lowest BCUT2D eigenvalue weighted by Gasteiger charge is -2.24. The normalized spacial score (nSPS) is 16.0. The van der Waals surface area contributed by atoms with Crippen molar-refractivity contribution >= 4 is 0 Å². The van der Waals surface area contributed by atoms with Crippen LogP contribution in [-0.2, 0) is 19.4 Å². The van der Waals surface area contributed by atoms with Crippen molar-refractivity contribution in [1.82, 2.24) is 9.55 Å². The van der Waals surface area contributed by atoms with E-state index in [9.17, 15) is 14.3 Å². The fraction of sp³-hybridized carbons (Fsp3) is 0.304. The van der Waals surface area contributed by atoms with Gasteiger partial charge in [-0.2, -0.15) is 0 Å². The molecule has 0 aliphatic heterocycles. The average molecular weight is 378 g/mol. The monoisotopic (exact) mass is 378 g/mol. The predicted molar refractivity (Wildman–Crippen MR) is 107 cm³/mol. The molecule has 0 saturated heterocycles. The molecule has 1 aromatic heterocycles. The summed E-state index contributed by atoms with van der Waals surface area (Å²) in [6.45, 7) is 2.44. The number of hydrogen-bond acceptors (Lipinski definition) is 3. The van der Waals surface area contributed by atoms with Gasteiger partial charge in [0.05, 0.1) is 11.3 Å². The lowest BCUT2D eigenvalue weighted by Crippen LogP contribution is -2.32. The van der Waals surface area contributed by atoms with Crippen LogP contribution in [-0.4, -0.2) is 14.7 Å². The number of aryl methyl sites for hydroxylation is 2. The molecule has 1 aliphatic rings. The van der Waals surface area contributed by atoms with Gasteiger partial charge in [0, 0.05) is 12.1 Å². The summed E-state index contributed by atoms with van der Waals surface area (Å²) in [6.07, 6.45) is 3.27. The number of halogens is 1. The van der Waals surface area contributed by atoms with E-state index in [0.717, 1.165) is 36.1 Å². The summed E-state index contributed by atoms with van der Waals surface area (Å²) >= 11 is 0. The van der Waals surface area contributed by atoms with Crippen molar-refractivity contribution in [3.63, 3.8) is 0 Å². The van der Waals surface area contributed by atoms with E-state index in [1.807, 2.05) is 12.1 Å². The third-order valence-electron chi connectivity index (χ3n) is 5.48. The van der Waals surface area contributed by atoms with Crippen LogP contribution >= 0.6 is 0 Å². The predicted octanol–water partition coefficient (Wildman–Crippen LogP) is 4.44. The summed E-state index contributed by atoms with van der Waals surface area (Å²) in [5, 5.41) is 10.4. The van der Waals surface area contributed by atoms with Crippen molar-refractivity contribution in [2.75, 3.05) is 0 Å². The zero-order valence-electron chi connectivity index (χ0n) is 15.9. The first-order valence-corrected chi connectivity index (χ1v) is 9.71. The Bertz CT molecular complexity index is 1070. The highest BCUT2D eigenvalue weighted by Crippen LogP contribution is 2.32. The van der Waals surface area contributed by atoms with E-state index in [1.165, 1.54) is 12.1 Å². The van der Waals surface area contributed by atoms with Gasteiger partial charge in [0.15, 0.2) is 0 Å². The molecule has 3 aromatic rings. The highest BCUT2D eigenvalue weighted by Gasteiger charge is 2.25. The molecule has 1 atom stereocenters. The first-order chi connectivity index (χ1) is 13.5. The van der Waals surface area contributed by atoms with Crippen LogP contribution in [0.1, 0.15) is 42.5 Å². The van der Waals surface area contributed by atoms with Crippen LogP contribution in [0.3, 0.4) is 0 Å². The van der Waals surface area contributed by atoms with Crippen molar-refractivity contribution in [2.24, 2.45) is 0 Å². The van der Waals surface area contributed by atoms with Crippen LogP contribution in [0, 0.1) is 5.82 Å². The highest BCUT2D eigenvalue weighted by molar-refractivity contribution is 5.64. The molecule has 0 spiro atoms. The Balaban J connectivity index is 1.83. The summed E-state index contributed by atoms with van der Waals surface area (Å²) < 4.78 is 15.2. The molecular formula is C23H23FN2O2. The molecule has 4 rings (SSSR count). The molecule has 28 heavy (non-hydrogen) atoms. The molecule has 5 heteroatoms. The Kier molecular flexibility index (Phi) is 4.99. The number of benzene rings is 2. The molecule has 1 aliphatic carbocycles. The van der Waals surface area contributed by atoms with Gasteiger partial charge in [0.25, 0.3) is 5.56 Å². The van der Waals surface area contributed by atoms with Crippen LogP contribution in [0.4, 0.5) is 4.39 Å². The topological polar surface area (TPSA) is 55.1 Å². The standard InChI is InChI=1S/C23H23FN2O2/c1-15-6-4-10-19-21(15)23(28)26(13-12-16-7-5-8-17(24)14-16)22(25-19)18-9-2-3-11-20(18)27/h2-3,5,7-9,11,14-15,27H,4,6,10,12-13H2,1H3. The van der Waals surface area contributed by atoms with Crippen molar-refractivity contribution in [1.29, 1.82) is 0 Å². The quantitative estimate of drug-likeness (QED) is 0.730. The maximum absolute atomic E-state index is 13.5. The van der Waals surface area contributed by atoms with Crippen molar-refractivity contribution in [2.45, 2.75) is 45.1 Å². The minimum Gasteiger partial charge on any atom is -0.507 e. The zero-order chi connectivity index (χ0) is 19.7. The Morgan fingerprint density at radius 1 is 1.21 bits per heavy atom. The van der Waals surface area contributed by atoms with E-state index in [-0.39, 0.29) is 23.0 Å². The van der Waals surface area contributed by atoms with Gasteiger partial charge in [0.1, 0.15) is 17.4 Å². The first-order valence-electron chi connectivity index (χ1n) is 9.71. The summed E-state index contributed by atoms with van der Waals surface area (Å²) in [6, 6.07) is 13.3. The lowest BCUT2D eigenvalue weighted by molar-refractivity contribution is 0.475. The number of phenolic OH excluding ortho intramolecular Hbond substituents is 1. The second-order valence-electron chi connectivity index (χ2n) is 7.44. The first kappa shape index (κ1) is 18.4. The number of phenols is 1. The van der Waals surface area contributed by atoms with E-state index in [4.69, 9.17) is 4.98 Å². The van der Waals surface area contributed by atoms with Crippen molar-refractivity contribution in [3.05, 3.63) is 81.5 Å². The van der Waals surface area contributed by atoms with Gasteiger partial charge < -0.3 is 5.11 Å². The molecule has 2 aromatic carbocycles. The summed E-state index contributed by atoms with van der Waals surface area (Å²) in [5.41, 5.74) is 2.93. The molecule has 4 nitrogen and oxygen atoms in total. The van der Waals surface area contributed by atoms with E-state index in [0.29, 0.717) is 24.4 Å². The Morgan fingerprint density at radius 2 is 2.04 bits per heavy atom. The number of fused-ring (bicyclic) bond motifs is 1. The molecule has 0 saturated carbocycles. The van der Waals surface area contributed by atoms with Crippen molar-refractivity contribution < 1.29 is 9.50 Å². The molecule has 1 unspecified atom stereocenters. The minimum atomic E-state index is -0.289. The van der Waals surface area contributed by atoms with E-state index >= 15 is 0 Å². The Morgan fingerprint density at radius 3 is 2.82 bits per heavy atom. The average Bonchev–Trinajstić information content (AvgIpc) is 2.67. The third kappa shape index (κ3) is 3.44. The molecule has 144 valence electrons. The fourth-order valence-electron chi connectivity index (χ4n) is 4.03. The van der Waals surface area contributed by atoms with Crippen LogP contribution in [0.2, 0.25) is 0 Å². The smallest absolute Gasteiger partial charge is 0.257 e. The fourth-order valence-corrected chi connectivity index (χ4v) is 4.03. The van der Waals surface area contributed by atoms with Crippen LogP contribution in [0.25, 0.3) is 11.4 Å². The molecule has 1 N–H and O–H groups in total. The number of rotatable bonds is 4. The number of aromatic hydroxyl groups is 1. The zero-order valence-corrected chi connectivity index (χ0v) is 15.9. The van der Waals surface area contributed by atoms with Crippen molar-refractivity contribution in [3.8, 4) is 17.1 Å². The van der Waals surface area contributed by atoms with Crippen LogP contribution in [0.5, 0.6) is 5.75 Å². The number of nitrogens with zero attached hydrogens (tertiary/aromatic N) is 2. The third-order valence-corrected chi connectivity index (χ3v) is 5.48. The summed E-state index contributed by atoms with van der Waals surface area (Å²) in [7, 11) is 0. The largest absolute Gasteiger partial charge is 0.507 e. The number of aromatic nitrogens is 2.